The Morgan fingerprint density at radius 1 is 0.897 bits per heavy atom. The number of nitrogens with one attached hydrogen (secondary N) is 1. The number of imidazole rings is 2. The predicted molar refractivity (Wildman–Crippen MR) is 149 cm³/mol. The molecule has 0 aliphatic carbocycles. The molecular formula is C28H23N6O4P. The summed E-state index contributed by atoms with van der Waals surface area (Å²) in [6.45, 7) is 0.317. The van der Waals surface area contributed by atoms with Crippen LogP contribution in [-0.2, 0) is 18.2 Å². The van der Waals surface area contributed by atoms with Crippen LogP contribution in [0.1, 0.15) is 5.56 Å². The second-order valence-corrected chi connectivity index (χ2v) is 11.2. The van der Waals surface area contributed by atoms with Crippen LogP contribution in [0.3, 0.4) is 0 Å². The summed E-state index contributed by atoms with van der Waals surface area (Å²) in [4.78, 5) is 46.8. The van der Waals surface area contributed by atoms with Crippen LogP contribution in [0, 0.1) is 0 Å². The fourth-order valence-electron chi connectivity index (χ4n) is 4.58. The highest BCUT2D eigenvalue weighted by Crippen LogP contribution is 2.41. The van der Waals surface area contributed by atoms with E-state index in [2.05, 4.69) is 15.0 Å². The van der Waals surface area contributed by atoms with Crippen molar-refractivity contribution in [3.05, 3.63) is 124 Å². The first-order valence-electron chi connectivity index (χ1n) is 12.1. The standard InChI is InChI=1S/C28H23N6O4P/c1-32-26-24(27(35)31-28(32)36)34(17-19-7-9-21(10-8-19)20-5-3-2-4-6-20)25(30-26)22-11-13-23(14-12-22)39(37,38)33-16-15-29-18-33/h2-16,18H,17H2,1H3,(H,37,38)(H,31,35,36). The maximum absolute atomic E-state index is 13.0. The molecule has 10 nitrogen and oxygen atoms in total. The van der Waals surface area contributed by atoms with Crippen LogP contribution in [0.5, 0.6) is 0 Å². The van der Waals surface area contributed by atoms with Gasteiger partial charge >= 0.3 is 13.2 Å². The molecule has 194 valence electrons. The quantitative estimate of drug-likeness (QED) is 0.313. The van der Waals surface area contributed by atoms with Crippen molar-refractivity contribution in [2.45, 2.75) is 6.54 Å². The van der Waals surface area contributed by atoms with Gasteiger partial charge in [-0.3, -0.25) is 23.2 Å². The second-order valence-electron chi connectivity index (χ2n) is 9.11. The molecule has 0 aliphatic rings. The second kappa shape index (κ2) is 9.50. The van der Waals surface area contributed by atoms with Gasteiger partial charge in [-0.05, 0) is 28.8 Å². The molecule has 0 saturated heterocycles. The number of aromatic amines is 1. The van der Waals surface area contributed by atoms with E-state index in [9.17, 15) is 19.0 Å². The lowest BCUT2D eigenvalue weighted by molar-refractivity contribution is 0.479. The van der Waals surface area contributed by atoms with E-state index in [1.54, 1.807) is 35.9 Å². The number of benzene rings is 3. The maximum atomic E-state index is 13.0. The molecule has 2 N–H and O–H groups in total. The van der Waals surface area contributed by atoms with E-state index in [1.807, 2.05) is 54.6 Å². The average Bonchev–Trinajstić information content (AvgIpc) is 3.63. The van der Waals surface area contributed by atoms with E-state index >= 15 is 0 Å². The molecule has 3 aromatic carbocycles. The molecule has 11 heteroatoms. The molecule has 1 unspecified atom stereocenters. The Morgan fingerprint density at radius 3 is 2.23 bits per heavy atom. The van der Waals surface area contributed by atoms with Crippen molar-refractivity contribution in [1.29, 1.82) is 0 Å². The topological polar surface area (TPSA) is 128 Å². The summed E-state index contributed by atoms with van der Waals surface area (Å²) in [5, 5.41) is 0.216. The Hall–Kier alpha value is -4.79. The molecule has 0 aliphatic heterocycles. The molecule has 39 heavy (non-hydrogen) atoms. The summed E-state index contributed by atoms with van der Waals surface area (Å²) < 4.78 is 17.2. The fourth-order valence-corrected chi connectivity index (χ4v) is 5.82. The Balaban J connectivity index is 1.44. The molecule has 0 saturated carbocycles. The molecule has 6 aromatic rings. The lowest BCUT2D eigenvalue weighted by Crippen LogP contribution is -2.29. The zero-order valence-corrected chi connectivity index (χ0v) is 21.7. The third-order valence-corrected chi connectivity index (χ3v) is 8.51. The van der Waals surface area contributed by atoms with Gasteiger partial charge in [0.05, 0.1) is 5.30 Å². The molecule has 0 amide bonds. The maximum Gasteiger partial charge on any atom is 0.329 e. The van der Waals surface area contributed by atoms with Gasteiger partial charge in [0.2, 0.25) is 0 Å². The van der Waals surface area contributed by atoms with E-state index in [-0.39, 0.29) is 16.5 Å². The third-order valence-electron chi connectivity index (χ3n) is 6.67. The number of aryl methyl sites for hydroxylation is 1. The van der Waals surface area contributed by atoms with Crippen LogP contribution in [0.2, 0.25) is 0 Å². The van der Waals surface area contributed by atoms with Crippen LogP contribution in [0.25, 0.3) is 33.7 Å². The summed E-state index contributed by atoms with van der Waals surface area (Å²) in [6, 6.07) is 24.5. The van der Waals surface area contributed by atoms with Gasteiger partial charge in [-0.25, -0.2) is 14.8 Å². The largest absolute Gasteiger partial charge is 0.329 e. The van der Waals surface area contributed by atoms with E-state index in [4.69, 9.17) is 0 Å². The predicted octanol–water partition coefficient (Wildman–Crippen LogP) is 3.36. The van der Waals surface area contributed by atoms with Gasteiger partial charge in [0.25, 0.3) is 5.56 Å². The average molecular weight is 539 g/mol. The number of hydrogen-bond acceptors (Lipinski definition) is 5. The van der Waals surface area contributed by atoms with Crippen LogP contribution >= 0.6 is 7.52 Å². The first-order valence-corrected chi connectivity index (χ1v) is 13.7. The Kier molecular flexibility index (Phi) is 5.98. The van der Waals surface area contributed by atoms with E-state index in [1.165, 1.54) is 27.6 Å². The number of hydrogen-bond donors (Lipinski definition) is 2. The van der Waals surface area contributed by atoms with Gasteiger partial charge in [-0.2, -0.15) is 0 Å². The first-order chi connectivity index (χ1) is 18.8. The lowest BCUT2D eigenvalue weighted by Gasteiger charge is -2.14. The van der Waals surface area contributed by atoms with Crippen molar-refractivity contribution in [2.24, 2.45) is 7.05 Å². The first kappa shape index (κ1) is 24.5. The Labute approximate surface area is 222 Å². The zero-order valence-electron chi connectivity index (χ0n) is 20.8. The minimum atomic E-state index is -3.88. The molecule has 0 bridgehead atoms. The van der Waals surface area contributed by atoms with Crippen LogP contribution in [0.4, 0.5) is 0 Å². The van der Waals surface area contributed by atoms with Crippen molar-refractivity contribution in [3.63, 3.8) is 0 Å². The van der Waals surface area contributed by atoms with Crippen molar-refractivity contribution < 1.29 is 9.46 Å². The van der Waals surface area contributed by atoms with Crippen LogP contribution in [-0.4, -0.2) is 33.3 Å². The summed E-state index contributed by atoms with van der Waals surface area (Å²) in [5.41, 5.74) is 3.12. The summed E-state index contributed by atoms with van der Waals surface area (Å²) in [7, 11) is -2.33. The molecule has 0 radical (unpaired) electrons. The minimum absolute atomic E-state index is 0.216. The summed E-state index contributed by atoms with van der Waals surface area (Å²) in [6.07, 6.45) is 4.17. The van der Waals surface area contributed by atoms with Gasteiger partial charge in [-0.1, -0.05) is 66.7 Å². The SMILES string of the molecule is Cn1c(=O)[nH]c(=O)c2c1nc(-c1ccc(P(=O)(O)n3ccnc3)cc1)n2Cc1ccc(-c2ccccc2)cc1. The molecule has 3 heterocycles. The Bertz CT molecular complexity index is 1960. The van der Waals surface area contributed by atoms with Crippen molar-refractivity contribution in [2.75, 3.05) is 0 Å². The normalized spacial score (nSPS) is 13.0. The van der Waals surface area contributed by atoms with E-state index in [0.29, 0.717) is 17.9 Å². The van der Waals surface area contributed by atoms with Gasteiger partial charge in [0.1, 0.15) is 12.2 Å². The Morgan fingerprint density at radius 2 is 1.56 bits per heavy atom. The van der Waals surface area contributed by atoms with Gasteiger partial charge in [0, 0.05) is 31.5 Å². The highest BCUT2D eigenvalue weighted by Gasteiger charge is 2.24. The van der Waals surface area contributed by atoms with Gasteiger partial charge < -0.3 is 9.46 Å². The minimum Gasteiger partial charge on any atom is -0.326 e. The summed E-state index contributed by atoms with van der Waals surface area (Å²) >= 11 is 0. The summed E-state index contributed by atoms with van der Waals surface area (Å²) in [5.74, 6) is 0.450. The van der Waals surface area contributed by atoms with E-state index in [0.717, 1.165) is 16.7 Å². The van der Waals surface area contributed by atoms with E-state index < -0.39 is 18.8 Å². The number of rotatable bonds is 6. The number of aromatic nitrogens is 6. The molecule has 6 rings (SSSR count). The smallest absolute Gasteiger partial charge is 0.326 e. The van der Waals surface area contributed by atoms with Crippen molar-refractivity contribution >= 4 is 24.0 Å². The van der Waals surface area contributed by atoms with Crippen molar-refractivity contribution in [3.8, 4) is 22.5 Å². The fraction of sp³-hybridized carbons (Fsp3) is 0.0714. The molecular weight excluding hydrogens is 515 g/mol. The van der Waals surface area contributed by atoms with Gasteiger partial charge in [0.15, 0.2) is 11.2 Å². The number of fused-ring (bicyclic) bond motifs is 1. The molecule has 0 fully saturated rings. The number of nitrogens with zero attached hydrogens (tertiary/aromatic N) is 5. The van der Waals surface area contributed by atoms with Crippen molar-refractivity contribution in [1.82, 2.24) is 28.4 Å². The monoisotopic (exact) mass is 538 g/mol. The molecule has 3 aromatic heterocycles. The van der Waals surface area contributed by atoms with Crippen LogP contribution < -0.4 is 16.6 Å². The third kappa shape index (κ3) is 4.35. The number of H-pyrrole nitrogens is 1. The zero-order chi connectivity index (χ0) is 27.1. The van der Waals surface area contributed by atoms with Crippen LogP contribution in [0.15, 0.2) is 107 Å². The van der Waals surface area contributed by atoms with Gasteiger partial charge in [-0.15, -0.1) is 0 Å². The lowest BCUT2D eigenvalue weighted by atomic mass is 10.0. The highest BCUT2D eigenvalue weighted by molar-refractivity contribution is 7.64. The molecule has 0 spiro atoms. The highest BCUT2D eigenvalue weighted by atomic mass is 31.2. The molecule has 1 atom stereocenters.